The van der Waals surface area contributed by atoms with Gasteiger partial charge in [0.05, 0.1) is 23.2 Å². The van der Waals surface area contributed by atoms with E-state index in [4.69, 9.17) is 0 Å². The summed E-state index contributed by atoms with van der Waals surface area (Å²) in [5.74, 6) is 0.992. The largest absolute Gasteiger partial charge is 0.392 e. The van der Waals surface area contributed by atoms with Gasteiger partial charge in [0.1, 0.15) is 5.82 Å². The average Bonchev–Trinajstić information content (AvgIpc) is 2.64. The molecule has 0 radical (unpaired) electrons. The van der Waals surface area contributed by atoms with Gasteiger partial charge in [-0.2, -0.15) is 0 Å². The van der Waals surface area contributed by atoms with Crippen LogP contribution in [0.1, 0.15) is 25.7 Å². The fraction of sp³-hybridized carbons (Fsp3) is 0.462. The van der Waals surface area contributed by atoms with Crippen LogP contribution in [0.2, 0.25) is 0 Å². The van der Waals surface area contributed by atoms with Gasteiger partial charge in [-0.3, -0.25) is 0 Å². The molecule has 0 spiro atoms. The third kappa shape index (κ3) is 2.48. The molecule has 0 aliphatic heterocycles. The number of imidazole rings is 1. The zero-order chi connectivity index (χ0) is 12.4. The summed E-state index contributed by atoms with van der Waals surface area (Å²) in [5.41, 5.74) is 2.14. The van der Waals surface area contributed by atoms with E-state index in [1.54, 1.807) is 6.92 Å². The van der Waals surface area contributed by atoms with E-state index < -0.39 is 0 Å². The van der Waals surface area contributed by atoms with Crippen molar-refractivity contribution in [2.75, 3.05) is 6.54 Å². The lowest BCUT2D eigenvalue weighted by atomic mass is 10.3. The molecule has 0 aliphatic rings. The molecular weight excluding hydrogens is 214 g/mol. The van der Waals surface area contributed by atoms with Gasteiger partial charge in [-0.1, -0.05) is 12.1 Å². The first-order chi connectivity index (χ1) is 8.09. The highest BCUT2D eigenvalue weighted by Crippen LogP contribution is 2.18. The van der Waals surface area contributed by atoms with Gasteiger partial charge in [-0.25, -0.2) is 4.98 Å². The summed E-state index contributed by atoms with van der Waals surface area (Å²) in [4.78, 5) is 4.61. The second-order valence-electron chi connectivity index (χ2n) is 4.50. The highest BCUT2D eigenvalue weighted by atomic mass is 16.3. The van der Waals surface area contributed by atoms with Gasteiger partial charge in [-0.05, 0) is 26.0 Å². The standard InChI is InChI=1S/C13H19N3O/c1-9(17)8-14-10(2)13-15-11-6-4-5-7-12(11)16(13)3/h4-7,9-10,14,17H,8H2,1-3H3. The Morgan fingerprint density at radius 2 is 2.06 bits per heavy atom. The lowest BCUT2D eigenvalue weighted by Crippen LogP contribution is -2.28. The van der Waals surface area contributed by atoms with E-state index in [2.05, 4.69) is 27.9 Å². The van der Waals surface area contributed by atoms with Crippen molar-refractivity contribution in [1.82, 2.24) is 14.9 Å². The van der Waals surface area contributed by atoms with Crippen LogP contribution in [0.3, 0.4) is 0 Å². The Bertz CT molecular complexity index is 504. The summed E-state index contributed by atoms with van der Waals surface area (Å²) in [6.45, 7) is 4.41. The second kappa shape index (κ2) is 4.85. The maximum atomic E-state index is 9.27. The number of aromatic nitrogens is 2. The number of rotatable bonds is 4. The van der Waals surface area contributed by atoms with Gasteiger partial charge in [0, 0.05) is 13.6 Å². The molecule has 0 saturated heterocycles. The van der Waals surface area contributed by atoms with Gasteiger partial charge in [0.25, 0.3) is 0 Å². The zero-order valence-corrected chi connectivity index (χ0v) is 10.5. The lowest BCUT2D eigenvalue weighted by Gasteiger charge is -2.14. The third-order valence-electron chi connectivity index (χ3n) is 2.93. The zero-order valence-electron chi connectivity index (χ0n) is 10.5. The Hall–Kier alpha value is -1.39. The maximum Gasteiger partial charge on any atom is 0.126 e. The number of benzene rings is 1. The highest BCUT2D eigenvalue weighted by Gasteiger charge is 2.13. The number of aryl methyl sites for hydroxylation is 1. The number of aliphatic hydroxyl groups is 1. The minimum Gasteiger partial charge on any atom is -0.392 e. The number of fused-ring (bicyclic) bond motifs is 1. The first-order valence-electron chi connectivity index (χ1n) is 5.92. The molecule has 4 heteroatoms. The molecule has 1 heterocycles. The minimum atomic E-state index is -0.341. The van der Waals surface area contributed by atoms with Gasteiger partial charge >= 0.3 is 0 Å². The molecule has 2 aromatic rings. The minimum absolute atomic E-state index is 0.127. The summed E-state index contributed by atoms with van der Waals surface area (Å²) in [7, 11) is 2.02. The third-order valence-corrected chi connectivity index (χ3v) is 2.93. The molecule has 0 fully saturated rings. The molecule has 0 bridgehead atoms. The summed E-state index contributed by atoms with van der Waals surface area (Å²) < 4.78 is 2.09. The van der Waals surface area contributed by atoms with Crippen LogP contribution >= 0.6 is 0 Å². The lowest BCUT2D eigenvalue weighted by molar-refractivity contribution is 0.186. The fourth-order valence-corrected chi connectivity index (χ4v) is 1.99. The maximum absolute atomic E-state index is 9.27. The molecule has 0 saturated carbocycles. The van der Waals surface area contributed by atoms with Crippen LogP contribution in [0.5, 0.6) is 0 Å². The van der Waals surface area contributed by atoms with Crippen LogP contribution in [0.25, 0.3) is 11.0 Å². The summed E-state index contributed by atoms with van der Waals surface area (Å²) in [6.07, 6.45) is -0.341. The molecule has 2 N–H and O–H groups in total. The van der Waals surface area contributed by atoms with E-state index in [1.165, 1.54) is 0 Å². The summed E-state index contributed by atoms with van der Waals surface area (Å²) >= 11 is 0. The molecule has 17 heavy (non-hydrogen) atoms. The number of hydrogen-bond acceptors (Lipinski definition) is 3. The van der Waals surface area contributed by atoms with Crippen LogP contribution in [-0.2, 0) is 7.05 Å². The smallest absolute Gasteiger partial charge is 0.126 e. The Balaban J connectivity index is 2.26. The van der Waals surface area contributed by atoms with Crippen LogP contribution in [0.15, 0.2) is 24.3 Å². The summed E-state index contributed by atoms with van der Waals surface area (Å²) in [5, 5.41) is 12.5. The van der Waals surface area contributed by atoms with Gasteiger partial charge in [-0.15, -0.1) is 0 Å². The van der Waals surface area contributed by atoms with Crippen LogP contribution in [-0.4, -0.2) is 27.3 Å². The highest BCUT2D eigenvalue weighted by molar-refractivity contribution is 5.75. The van der Waals surface area contributed by atoms with Gasteiger partial charge in [0.15, 0.2) is 0 Å². The van der Waals surface area contributed by atoms with E-state index in [1.807, 2.05) is 25.2 Å². The fourth-order valence-electron chi connectivity index (χ4n) is 1.99. The van der Waals surface area contributed by atoms with Crippen molar-refractivity contribution in [2.24, 2.45) is 7.05 Å². The first kappa shape index (κ1) is 12.1. The van der Waals surface area contributed by atoms with E-state index in [0.29, 0.717) is 6.54 Å². The predicted molar refractivity (Wildman–Crippen MR) is 68.8 cm³/mol. The van der Waals surface area contributed by atoms with E-state index in [0.717, 1.165) is 16.9 Å². The molecule has 2 rings (SSSR count). The first-order valence-corrected chi connectivity index (χ1v) is 5.92. The molecule has 2 atom stereocenters. The van der Waals surface area contributed by atoms with Crippen molar-refractivity contribution in [3.05, 3.63) is 30.1 Å². The van der Waals surface area contributed by atoms with E-state index in [-0.39, 0.29) is 12.1 Å². The normalized spacial score (nSPS) is 15.1. The van der Waals surface area contributed by atoms with Crippen molar-refractivity contribution < 1.29 is 5.11 Å². The summed E-state index contributed by atoms with van der Waals surface area (Å²) in [6, 6.07) is 8.21. The van der Waals surface area contributed by atoms with Crippen LogP contribution in [0, 0.1) is 0 Å². The number of para-hydroxylation sites is 2. The molecule has 1 aromatic carbocycles. The van der Waals surface area contributed by atoms with Crippen LogP contribution < -0.4 is 5.32 Å². The van der Waals surface area contributed by atoms with E-state index in [9.17, 15) is 5.11 Å². The Labute approximate surface area is 101 Å². The van der Waals surface area contributed by atoms with Crippen molar-refractivity contribution in [3.63, 3.8) is 0 Å². The van der Waals surface area contributed by atoms with Crippen molar-refractivity contribution in [3.8, 4) is 0 Å². The molecule has 1 aromatic heterocycles. The van der Waals surface area contributed by atoms with Crippen molar-refractivity contribution in [2.45, 2.75) is 26.0 Å². The SMILES string of the molecule is CC(O)CNC(C)c1nc2ccccc2n1C. The predicted octanol–water partition coefficient (Wildman–Crippen LogP) is 1.60. The Kier molecular flexibility index (Phi) is 3.45. The Morgan fingerprint density at radius 1 is 1.35 bits per heavy atom. The molecule has 0 amide bonds. The Morgan fingerprint density at radius 3 is 2.71 bits per heavy atom. The number of nitrogens with one attached hydrogen (secondary N) is 1. The monoisotopic (exact) mass is 233 g/mol. The van der Waals surface area contributed by atoms with Crippen molar-refractivity contribution >= 4 is 11.0 Å². The molecule has 2 unspecified atom stereocenters. The second-order valence-corrected chi connectivity index (χ2v) is 4.50. The number of aliphatic hydroxyl groups excluding tert-OH is 1. The van der Waals surface area contributed by atoms with Crippen LogP contribution in [0.4, 0.5) is 0 Å². The quantitative estimate of drug-likeness (QED) is 0.843. The number of nitrogens with zero attached hydrogens (tertiary/aromatic N) is 2. The molecule has 92 valence electrons. The molecule has 0 aliphatic carbocycles. The van der Waals surface area contributed by atoms with Gasteiger partial charge < -0.3 is 15.0 Å². The van der Waals surface area contributed by atoms with Crippen molar-refractivity contribution in [1.29, 1.82) is 0 Å². The molecular formula is C13H19N3O. The van der Waals surface area contributed by atoms with Gasteiger partial charge in [0.2, 0.25) is 0 Å². The molecule has 4 nitrogen and oxygen atoms in total. The average molecular weight is 233 g/mol. The van der Waals surface area contributed by atoms with E-state index >= 15 is 0 Å². The number of hydrogen-bond donors (Lipinski definition) is 2. The topological polar surface area (TPSA) is 50.1 Å².